The molecule has 0 aliphatic rings. The molecule has 28 heavy (non-hydrogen) atoms. The molecule has 7 nitrogen and oxygen atoms in total. The van der Waals surface area contributed by atoms with Crippen molar-refractivity contribution in [3.63, 3.8) is 0 Å². The van der Waals surface area contributed by atoms with Crippen LogP contribution in [0.25, 0.3) is 6.08 Å². The van der Waals surface area contributed by atoms with Crippen molar-refractivity contribution in [2.24, 2.45) is 0 Å². The summed E-state index contributed by atoms with van der Waals surface area (Å²) in [5.41, 5.74) is 1.95. The van der Waals surface area contributed by atoms with Gasteiger partial charge in [0.05, 0.1) is 15.6 Å². The zero-order chi connectivity index (χ0) is 19.9. The summed E-state index contributed by atoms with van der Waals surface area (Å²) in [5, 5.41) is 16.3. The fourth-order valence-corrected chi connectivity index (χ4v) is 2.99. The Morgan fingerprint density at radius 1 is 1.29 bits per heavy atom. The molecule has 8 heteroatoms. The molecule has 2 aromatic carbocycles. The van der Waals surface area contributed by atoms with E-state index in [0.717, 1.165) is 16.3 Å². The molecule has 0 saturated heterocycles. The maximum absolute atomic E-state index is 12.1. The van der Waals surface area contributed by atoms with Crippen molar-refractivity contribution in [3.8, 4) is 5.75 Å². The highest BCUT2D eigenvalue weighted by Crippen LogP contribution is 2.18. The summed E-state index contributed by atoms with van der Waals surface area (Å²) in [6, 6.07) is 13.1. The average molecular weight is 395 g/mol. The molecule has 0 atom stereocenters. The number of amides is 1. The van der Waals surface area contributed by atoms with E-state index in [1.54, 1.807) is 23.5 Å². The molecule has 0 aliphatic carbocycles. The Labute approximate surface area is 165 Å². The van der Waals surface area contributed by atoms with Gasteiger partial charge in [0, 0.05) is 29.3 Å². The Morgan fingerprint density at radius 3 is 2.86 bits per heavy atom. The van der Waals surface area contributed by atoms with Gasteiger partial charge in [-0.15, -0.1) is 11.3 Å². The number of rotatable bonds is 7. The van der Waals surface area contributed by atoms with Gasteiger partial charge in [-0.2, -0.15) is 0 Å². The Balaban J connectivity index is 1.59. The van der Waals surface area contributed by atoms with Crippen molar-refractivity contribution in [2.75, 3.05) is 5.32 Å². The highest BCUT2D eigenvalue weighted by Gasteiger charge is 2.07. The number of carbonyl (C=O) groups is 1. The van der Waals surface area contributed by atoms with Gasteiger partial charge in [0.15, 0.2) is 0 Å². The van der Waals surface area contributed by atoms with E-state index < -0.39 is 4.92 Å². The van der Waals surface area contributed by atoms with Gasteiger partial charge in [-0.1, -0.05) is 18.2 Å². The normalized spacial score (nSPS) is 10.8. The molecule has 0 unspecified atom stereocenters. The molecule has 0 saturated carbocycles. The van der Waals surface area contributed by atoms with Crippen LogP contribution in [-0.4, -0.2) is 15.8 Å². The third kappa shape index (κ3) is 5.49. The second-order valence-electron chi connectivity index (χ2n) is 5.85. The van der Waals surface area contributed by atoms with E-state index in [-0.39, 0.29) is 11.6 Å². The quantitative estimate of drug-likeness (QED) is 0.359. The highest BCUT2D eigenvalue weighted by atomic mass is 32.1. The fraction of sp³-hybridized carbons (Fsp3) is 0.100. The summed E-state index contributed by atoms with van der Waals surface area (Å²) < 4.78 is 5.73. The molecular formula is C20H17N3O4S. The number of anilines is 1. The molecule has 1 heterocycles. The lowest BCUT2D eigenvalue weighted by molar-refractivity contribution is -0.384. The number of ether oxygens (including phenoxy) is 1. The van der Waals surface area contributed by atoms with E-state index in [9.17, 15) is 14.9 Å². The summed E-state index contributed by atoms with van der Waals surface area (Å²) >= 11 is 1.57. The van der Waals surface area contributed by atoms with Crippen molar-refractivity contribution in [3.05, 3.63) is 86.4 Å². The number of nitrogens with one attached hydrogen (secondary N) is 1. The number of thiazole rings is 1. The molecule has 3 rings (SSSR count). The van der Waals surface area contributed by atoms with Crippen LogP contribution in [0, 0.1) is 17.0 Å². The maximum Gasteiger partial charge on any atom is 0.271 e. The third-order valence-corrected chi connectivity index (χ3v) is 4.49. The van der Waals surface area contributed by atoms with Crippen LogP contribution in [-0.2, 0) is 11.4 Å². The van der Waals surface area contributed by atoms with Gasteiger partial charge < -0.3 is 10.1 Å². The van der Waals surface area contributed by atoms with Gasteiger partial charge in [0.1, 0.15) is 12.4 Å². The van der Waals surface area contributed by atoms with E-state index in [4.69, 9.17) is 4.74 Å². The fourth-order valence-electron chi connectivity index (χ4n) is 2.39. The number of hydrogen-bond donors (Lipinski definition) is 1. The van der Waals surface area contributed by atoms with Crippen molar-refractivity contribution in [2.45, 2.75) is 13.5 Å². The lowest BCUT2D eigenvalue weighted by Gasteiger charge is -2.05. The molecular weight excluding hydrogens is 378 g/mol. The Hall–Kier alpha value is -3.52. The summed E-state index contributed by atoms with van der Waals surface area (Å²) in [5.74, 6) is 0.289. The standard InChI is InChI=1S/C20H17N3O4S/c1-14-21-17(13-28-14)12-27-19-7-2-4-15(10-19)8-9-20(24)22-16-5-3-6-18(11-16)23(25)26/h2-11,13H,12H2,1H3,(H,22,24)/b9-8+. The number of carbonyl (C=O) groups excluding carboxylic acids is 1. The Morgan fingerprint density at radius 2 is 2.11 bits per heavy atom. The first-order valence-corrected chi connectivity index (χ1v) is 9.25. The van der Waals surface area contributed by atoms with Crippen molar-refractivity contribution in [1.29, 1.82) is 0 Å². The summed E-state index contributed by atoms with van der Waals surface area (Å²) in [4.78, 5) is 26.7. The van der Waals surface area contributed by atoms with Crippen LogP contribution in [0.4, 0.5) is 11.4 Å². The predicted octanol–water partition coefficient (Wildman–Crippen LogP) is 4.59. The molecule has 0 radical (unpaired) electrons. The largest absolute Gasteiger partial charge is 0.487 e. The second kappa shape index (κ2) is 8.92. The molecule has 1 amide bonds. The minimum absolute atomic E-state index is 0.0815. The summed E-state index contributed by atoms with van der Waals surface area (Å²) in [6.45, 7) is 2.32. The molecule has 142 valence electrons. The molecule has 1 N–H and O–H groups in total. The summed E-state index contributed by atoms with van der Waals surface area (Å²) in [6.07, 6.45) is 3.01. The van der Waals surface area contributed by atoms with Crippen LogP contribution >= 0.6 is 11.3 Å². The average Bonchev–Trinajstić information content (AvgIpc) is 3.10. The first-order chi connectivity index (χ1) is 13.5. The molecule has 0 spiro atoms. The minimum atomic E-state index is -0.510. The third-order valence-electron chi connectivity index (χ3n) is 3.66. The lowest BCUT2D eigenvalue weighted by Crippen LogP contribution is -2.07. The Bertz CT molecular complexity index is 1030. The van der Waals surface area contributed by atoms with Crippen molar-refractivity contribution >= 4 is 34.7 Å². The zero-order valence-electron chi connectivity index (χ0n) is 15.0. The first kappa shape index (κ1) is 19.2. The number of nitro groups is 1. The number of benzene rings is 2. The molecule has 0 aliphatic heterocycles. The number of hydrogen-bond acceptors (Lipinski definition) is 6. The van der Waals surface area contributed by atoms with Crippen molar-refractivity contribution in [1.82, 2.24) is 4.98 Å². The topological polar surface area (TPSA) is 94.4 Å². The van der Waals surface area contributed by atoms with Gasteiger partial charge in [0.2, 0.25) is 5.91 Å². The minimum Gasteiger partial charge on any atom is -0.487 e. The van der Waals surface area contributed by atoms with Crippen LogP contribution in [0.5, 0.6) is 5.75 Å². The number of aryl methyl sites for hydroxylation is 1. The van der Waals surface area contributed by atoms with Gasteiger partial charge in [0.25, 0.3) is 5.69 Å². The summed E-state index contributed by atoms with van der Waals surface area (Å²) in [7, 11) is 0. The molecule has 0 fully saturated rings. The van der Waals surface area contributed by atoms with Gasteiger partial charge in [-0.3, -0.25) is 14.9 Å². The number of aromatic nitrogens is 1. The van der Waals surface area contributed by atoms with Crippen LogP contribution < -0.4 is 10.1 Å². The van der Waals surface area contributed by atoms with E-state index in [0.29, 0.717) is 18.0 Å². The second-order valence-corrected chi connectivity index (χ2v) is 6.91. The van der Waals surface area contributed by atoms with E-state index in [1.807, 2.05) is 36.6 Å². The van der Waals surface area contributed by atoms with Crippen LogP contribution in [0.15, 0.2) is 60.0 Å². The van der Waals surface area contributed by atoms with Crippen LogP contribution in [0.1, 0.15) is 16.3 Å². The number of non-ortho nitro benzene ring substituents is 1. The smallest absolute Gasteiger partial charge is 0.271 e. The van der Waals surface area contributed by atoms with Gasteiger partial charge in [-0.05, 0) is 36.8 Å². The van der Waals surface area contributed by atoms with Crippen molar-refractivity contribution < 1.29 is 14.5 Å². The van der Waals surface area contributed by atoms with E-state index in [2.05, 4.69) is 10.3 Å². The predicted molar refractivity (Wildman–Crippen MR) is 108 cm³/mol. The van der Waals surface area contributed by atoms with Gasteiger partial charge in [-0.25, -0.2) is 4.98 Å². The zero-order valence-corrected chi connectivity index (χ0v) is 15.8. The van der Waals surface area contributed by atoms with E-state index >= 15 is 0 Å². The molecule has 3 aromatic rings. The van der Waals surface area contributed by atoms with Gasteiger partial charge >= 0.3 is 0 Å². The highest BCUT2D eigenvalue weighted by molar-refractivity contribution is 7.09. The van der Waals surface area contributed by atoms with Crippen LogP contribution in [0.2, 0.25) is 0 Å². The van der Waals surface area contributed by atoms with E-state index in [1.165, 1.54) is 24.3 Å². The number of nitrogens with zero attached hydrogens (tertiary/aromatic N) is 2. The molecule has 1 aromatic heterocycles. The lowest BCUT2D eigenvalue weighted by atomic mass is 10.2. The first-order valence-electron chi connectivity index (χ1n) is 8.37. The maximum atomic E-state index is 12.1. The SMILES string of the molecule is Cc1nc(COc2cccc(/C=C/C(=O)Nc3cccc([N+](=O)[O-])c3)c2)cs1. The number of nitro benzene ring substituents is 1. The molecule has 0 bridgehead atoms. The monoisotopic (exact) mass is 395 g/mol. The van der Waals surface area contributed by atoms with Crippen LogP contribution in [0.3, 0.4) is 0 Å². The Kier molecular flexibility index (Phi) is 6.13.